The molecule has 0 saturated carbocycles. The molecule has 0 aliphatic heterocycles. The van der Waals surface area contributed by atoms with Crippen LogP contribution in [-0.2, 0) is 0 Å². The van der Waals surface area contributed by atoms with E-state index in [1.165, 1.54) is 12.1 Å². The molecule has 1 aromatic carbocycles. The summed E-state index contributed by atoms with van der Waals surface area (Å²) in [5.41, 5.74) is 2.37. The minimum absolute atomic E-state index is 0.00913. The van der Waals surface area contributed by atoms with Crippen LogP contribution in [0, 0.1) is 12.7 Å². The minimum atomic E-state index is -0.497. The van der Waals surface area contributed by atoms with Crippen molar-refractivity contribution in [3.63, 3.8) is 0 Å². The summed E-state index contributed by atoms with van der Waals surface area (Å²) in [6, 6.07) is 8.21. The molecular weight excluding hydrogens is 383 g/mol. The number of ether oxygens (including phenoxy) is 1. The lowest BCUT2D eigenvalue weighted by atomic mass is 10.2. The molecule has 9 heteroatoms. The summed E-state index contributed by atoms with van der Waals surface area (Å²) in [5, 5.41) is 10.6. The first kappa shape index (κ1) is 18.0. The van der Waals surface area contributed by atoms with Crippen LogP contribution in [0.1, 0.15) is 18.3 Å². The average Bonchev–Trinajstić information content (AvgIpc) is 3.23. The van der Waals surface area contributed by atoms with Crippen molar-refractivity contribution in [1.29, 1.82) is 0 Å². The zero-order valence-corrected chi connectivity index (χ0v) is 15.8. The van der Waals surface area contributed by atoms with Crippen molar-refractivity contribution in [2.75, 3.05) is 5.32 Å². The van der Waals surface area contributed by atoms with Gasteiger partial charge in [-0.25, -0.2) is 4.39 Å². The van der Waals surface area contributed by atoms with Crippen LogP contribution in [0.2, 0.25) is 5.15 Å². The van der Waals surface area contributed by atoms with Gasteiger partial charge in [-0.1, -0.05) is 17.7 Å². The van der Waals surface area contributed by atoms with Crippen LogP contribution in [0.25, 0.3) is 17.0 Å². The molecule has 0 radical (unpaired) electrons. The van der Waals surface area contributed by atoms with E-state index < -0.39 is 5.82 Å². The van der Waals surface area contributed by atoms with Gasteiger partial charge in [-0.3, -0.25) is 5.10 Å². The molecule has 0 atom stereocenters. The Bertz CT molecular complexity index is 1180. The summed E-state index contributed by atoms with van der Waals surface area (Å²) in [4.78, 5) is 11.3. The molecule has 4 aromatic rings. The number of aryl methyl sites for hydroxylation is 1. The number of nitrogens with one attached hydrogen (secondary N) is 3. The van der Waals surface area contributed by atoms with Crippen molar-refractivity contribution in [3.05, 3.63) is 58.8 Å². The average molecular weight is 399 g/mol. The number of anilines is 2. The van der Waals surface area contributed by atoms with Crippen LogP contribution >= 0.6 is 11.6 Å². The summed E-state index contributed by atoms with van der Waals surface area (Å²) < 4.78 is 20.3. The second-order valence-corrected chi connectivity index (χ2v) is 6.47. The SMILES string of the molecule is C/C=C/c1cc(Nc2cc(Cl)nc(Oc3ccc4[nH]c(C)cc4c3F)n2)n[nH]1. The molecule has 0 amide bonds. The van der Waals surface area contributed by atoms with Crippen LogP contribution < -0.4 is 10.1 Å². The molecule has 7 nitrogen and oxygen atoms in total. The molecule has 3 aromatic heterocycles. The number of nitrogens with zero attached hydrogens (tertiary/aromatic N) is 3. The maximum Gasteiger partial charge on any atom is 0.325 e. The quantitative estimate of drug-likeness (QED) is 0.394. The first-order valence-corrected chi connectivity index (χ1v) is 8.85. The van der Waals surface area contributed by atoms with E-state index in [1.807, 2.05) is 26.0 Å². The third-order valence-corrected chi connectivity index (χ3v) is 4.11. The number of rotatable bonds is 5. The third-order valence-electron chi connectivity index (χ3n) is 3.91. The summed E-state index contributed by atoms with van der Waals surface area (Å²) in [7, 11) is 0. The van der Waals surface area contributed by atoms with E-state index >= 15 is 0 Å². The molecule has 0 fully saturated rings. The van der Waals surface area contributed by atoms with Gasteiger partial charge >= 0.3 is 6.01 Å². The van der Waals surface area contributed by atoms with E-state index in [1.54, 1.807) is 18.2 Å². The molecule has 0 aliphatic rings. The van der Waals surface area contributed by atoms with Gasteiger partial charge in [0, 0.05) is 28.7 Å². The van der Waals surface area contributed by atoms with Gasteiger partial charge in [0.05, 0.1) is 5.69 Å². The molecule has 3 heterocycles. The first-order valence-electron chi connectivity index (χ1n) is 8.47. The summed E-state index contributed by atoms with van der Waals surface area (Å²) in [5.74, 6) is 0.426. The molecule has 3 N–H and O–H groups in total. The topological polar surface area (TPSA) is 91.5 Å². The van der Waals surface area contributed by atoms with Crippen LogP contribution in [0.15, 0.2) is 36.4 Å². The summed E-state index contributed by atoms with van der Waals surface area (Å²) in [6.07, 6.45) is 3.77. The van der Waals surface area contributed by atoms with E-state index in [-0.39, 0.29) is 16.9 Å². The Morgan fingerprint density at radius 3 is 2.86 bits per heavy atom. The number of allylic oxidation sites excluding steroid dienone is 1. The maximum absolute atomic E-state index is 14.7. The Kier molecular flexibility index (Phi) is 4.70. The Morgan fingerprint density at radius 1 is 1.18 bits per heavy atom. The van der Waals surface area contributed by atoms with Gasteiger partial charge in [0.2, 0.25) is 0 Å². The van der Waals surface area contributed by atoms with Crippen molar-refractivity contribution in [3.8, 4) is 11.8 Å². The van der Waals surface area contributed by atoms with Crippen molar-refractivity contribution in [2.24, 2.45) is 0 Å². The zero-order chi connectivity index (χ0) is 19.7. The van der Waals surface area contributed by atoms with Gasteiger partial charge in [-0.05, 0) is 38.1 Å². The normalized spacial score (nSPS) is 11.4. The van der Waals surface area contributed by atoms with E-state index in [0.717, 1.165) is 11.4 Å². The van der Waals surface area contributed by atoms with Gasteiger partial charge < -0.3 is 15.0 Å². The molecule has 28 heavy (non-hydrogen) atoms. The number of benzene rings is 1. The maximum atomic E-state index is 14.7. The van der Waals surface area contributed by atoms with Crippen molar-refractivity contribution in [1.82, 2.24) is 25.1 Å². The van der Waals surface area contributed by atoms with Crippen LogP contribution in [-0.4, -0.2) is 25.1 Å². The number of halogens is 2. The summed E-state index contributed by atoms with van der Waals surface area (Å²) in [6.45, 7) is 3.77. The van der Waals surface area contributed by atoms with E-state index in [2.05, 4.69) is 30.5 Å². The molecule has 4 rings (SSSR count). The number of H-pyrrole nitrogens is 2. The fourth-order valence-corrected chi connectivity index (χ4v) is 2.94. The largest absolute Gasteiger partial charge is 0.421 e. The standard InChI is InChI=1S/C19H16ClFN6O/c1-3-4-11-8-17(27-26-11)24-16-9-15(20)23-19(25-16)28-14-6-5-13-12(18(14)21)7-10(2)22-13/h3-9,22H,1-2H3,(H2,23,24,25,26,27)/b4-3+. The smallest absolute Gasteiger partial charge is 0.325 e. The minimum Gasteiger partial charge on any atom is -0.421 e. The monoisotopic (exact) mass is 398 g/mol. The fraction of sp³-hybridized carbons (Fsp3) is 0.105. The van der Waals surface area contributed by atoms with Crippen LogP contribution in [0.4, 0.5) is 16.0 Å². The third kappa shape index (κ3) is 3.67. The highest BCUT2D eigenvalue weighted by molar-refractivity contribution is 6.29. The zero-order valence-electron chi connectivity index (χ0n) is 15.0. The Morgan fingerprint density at radius 2 is 2.04 bits per heavy atom. The number of fused-ring (bicyclic) bond motifs is 1. The highest BCUT2D eigenvalue weighted by Gasteiger charge is 2.14. The van der Waals surface area contributed by atoms with Gasteiger partial charge in [0.1, 0.15) is 11.0 Å². The second kappa shape index (κ2) is 7.32. The number of hydrogen-bond acceptors (Lipinski definition) is 5. The van der Waals surface area contributed by atoms with Crippen molar-refractivity contribution >= 4 is 40.2 Å². The molecule has 0 saturated heterocycles. The number of aromatic amines is 2. The lowest BCUT2D eigenvalue weighted by Gasteiger charge is -2.08. The molecule has 0 bridgehead atoms. The first-order chi connectivity index (χ1) is 13.5. The highest BCUT2D eigenvalue weighted by Crippen LogP contribution is 2.30. The fourth-order valence-electron chi connectivity index (χ4n) is 2.77. The van der Waals surface area contributed by atoms with Gasteiger partial charge in [0.25, 0.3) is 0 Å². The lowest BCUT2D eigenvalue weighted by Crippen LogP contribution is -1.99. The van der Waals surface area contributed by atoms with E-state index in [4.69, 9.17) is 16.3 Å². The Balaban J connectivity index is 1.61. The van der Waals surface area contributed by atoms with Crippen molar-refractivity contribution in [2.45, 2.75) is 13.8 Å². The molecule has 142 valence electrons. The van der Waals surface area contributed by atoms with Gasteiger partial charge in [-0.2, -0.15) is 15.1 Å². The highest BCUT2D eigenvalue weighted by atomic mass is 35.5. The van der Waals surface area contributed by atoms with E-state index in [0.29, 0.717) is 22.5 Å². The van der Waals surface area contributed by atoms with Gasteiger partial charge in [-0.15, -0.1) is 0 Å². The Labute approximate surface area is 164 Å². The molecular formula is C19H16ClFN6O. The summed E-state index contributed by atoms with van der Waals surface area (Å²) >= 11 is 6.07. The number of aromatic nitrogens is 5. The lowest BCUT2D eigenvalue weighted by molar-refractivity contribution is 0.414. The van der Waals surface area contributed by atoms with Crippen LogP contribution in [0.5, 0.6) is 11.8 Å². The number of hydrogen-bond donors (Lipinski definition) is 3. The molecule has 0 unspecified atom stereocenters. The van der Waals surface area contributed by atoms with E-state index in [9.17, 15) is 4.39 Å². The Hall–Kier alpha value is -3.39. The molecule has 0 spiro atoms. The van der Waals surface area contributed by atoms with Crippen molar-refractivity contribution < 1.29 is 9.13 Å². The van der Waals surface area contributed by atoms with Gasteiger partial charge in [0.15, 0.2) is 17.4 Å². The van der Waals surface area contributed by atoms with Crippen LogP contribution in [0.3, 0.4) is 0 Å². The molecule has 0 aliphatic carbocycles. The predicted octanol–water partition coefficient (Wildman–Crippen LogP) is 5.35. The second-order valence-electron chi connectivity index (χ2n) is 6.09. The predicted molar refractivity (Wildman–Crippen MR) is 107 cm³/mol.